The maximum atomic E-state index is 12.3. The number of fused-ring (bicyclic) bond motifs is 1. The molecule has 0 aliphatic heterocycles. The number of amides is 1. The van der Waals surface area contributed by atoms with E-state index in [0.717, 1.165) is 18.4 Å². The van der Waals surface area contributed by atoms with E-state index in [9.17, 15) is 4.79 Å². The molecule has 0 radical (unpaired) electrons. The quantitative estimate of drug-likeness (QED) is 0.911. The van der Waals surface area contributed by atoms with Gasteiger partial charge in [-0.1, -0.05) is 43.3 Å². The number of benzene rings is 2. The van der Waals surface area contributed by atoms with Crippen LogP contribution in [0.1, 0.15) is 34.0 Å². The van der Waals surface area contributed by atoms with Crippen LogP contribution >= 0.6 is 0 Å². The van der Waals surface area contributed by atoms with Crippen LogP contribution in [0.4, 0.5) is 0 Å². The van der Waals surface area contributed by atoms with Gasteiger partial charge in [-0.2, -0.15) is 0 Å². The number of nitrogens with one attached hydrogen (secondary N) is 1. The normalized spacial score (nSPS) is 15.4. The van der Waals surface area contributed by atoms with Gasteiger partial charge in [0.05, 0.1) is 0 Å². The van der Waals surface area contributed by atoms with Crippen molar-refractivity contribution >= 4 is 5.91 Å². The van der Waals surface area contributed by atoms with Crippen molar-refractivity contribution in [3.8, 4) is 0 Å². The van der Waals surface area contributed by atoms with Crippen molar-refractivity contribution in [2.24, 2.45) is 11.1 Å². The lowest BCUT2D eigenvalue weighted by molar-refractivity contribution is 0.0935. The van der Waals surface area contributed by atoms with Gasteiger partial charge in [0.15, 0.2) is 0 Å². The number of hydrogen-bond acceptors (Lipinski definition) is 2. The van der Waals surface area contributed by atoms with Crippen molar-refractivity contribution < 1.29 is 4.79 Å². The molecule has 22 heavy (non-hydrogen) atoms. The molecule has 3 heteroatoms. The number of hydrogen-bond donors (Lipinski definition) is 2. The first-order valence-corrected chi connectivity index (χ1v) is 7.74. The molecular weight excluding hydrogens is 272 g/mol. The highest BCUT2D eigenvalue weighted by Gasteiger charge is 2.32. The molecule has 0 bridgehead atoms. The summed E-state index contributed by atoms with van der Waals surface area (Å²) in [6, 6.07) is 16.0. The second kappa shape index (κ2) is 5.93. The minimum absolute atomic E-state index is 0.0132. The van der Waals surface area contributed by atoms with Crippen molar-refractivity contribution in [1.82, 2.24) is 5.32 Å². The van der Waals surface area contributed by atoms with Crippen molar-refractivity contribution in [2.45, 2.75) is 26.3 Å². The Hall–Kier alpha value is -2.13. The van der Waals surface area contributed by atoms with Gasteiger partial charge < -0.3 is 11.1 Å². The molecule has 2 aromatic carbocycles. The van der Waals surface area contributed by atoms with E-state index in [1.165, 1.54) is 11.1 Å². The first kappa shape index (κ1) is 14.8. The molecule has 3 rings (SSSR count). The average Bonchev–Trinajstić information content (AvgIpc) is 2.89. The molecule has 0 aromatic heterocycles. The van der Waals surface area contributed by atoms with Gasteiger partial charge in [-0.05, 0) is 47.1 Å². The van der Waals surface area contributed by atoms with Gasteiger partial charge >= 0.3 is 0 Å². The van der Waals surface area contributed by atoms with E-state index in [1.54, 1.807) is 0 Å². The van der Waals surface area contributed by atoms with E-state index < -0.39 is 0 Å². The van der Waals surface area contributed by atoms with E-state index in [1.807, 2.05) is 24.3 Å². The third-order valence-electron chi connectivity index (χ3n) is 4.48. The Kier molecular flexibility index (Phi) is 3.99. The van der Waals surface area contributed by atoms with Gasteiger partial charge in [0, 0.05) is 18.7 Å². The molecule has 1 aliphatic rings. The summed E-state index contributed by atoms with van der Waals surface area (Å²) in [6.45, 7) is 3.43. The fourth-order valence-corrected chi connectivity index (χ4v) is 3.20. The van der Waals surface area contributed by atoms with E-state index in [0.29, 0.717) is 18.7 Å². The van der Waals surface area contributed by atoms with Gasteiger partial charge in [-0.25, -0.2) is 0 Å². The highest BCUT2D eigenvalue weighted by molar-refractivity contribution is 5.94. The molecule has 1 amide bonds. The molecule has 0 spiro atoms. The van der Waals surface area contributed by atoms with Gasteiger partial charge in [0.2, 0.25) is 0 Å². The maximum absolute atomic E-state index is 12.3. The van der Waals surface area contributed by atoms with Crippen LogP contribution in [0.15, 0.2) is 48.5 Å². The fourth-order valence-electron chi connectivity index (χ4n) is 3.20. The van der Waals surface area contributed by atoms with Crippen molar-refractivity contribution in [3.05, 3.63) is 70.8 Å². The minimum atomic E-state index is -0.0132. The van der Waals surface area contributed by atoms with Crippen LogP contribution in [0.5, 0.6) is 0 Å². The van der Waals surface area contributed by atoms with Crippen LogP contribution < -0.4 is 11.1 Å². The second-order valence-electron chi connectivity index (χ2n) is 6.52. The van der Waals surface area contributed by atoms with Gasteiger partial charge in [0.25, 0.3) is 5.91 Å². The Bertz CT molecular complexity index is 651. The lowest BCUT2D eigenvalue weighted by Gasteiger charge is -2.24. The highest BCUT2D eigenvalue weighted by atomic mass is 16.1. The Labute approximate surface area is 131 Å². The molecule has 2 aromatic rings. The first-order valence-electron chi connectivity index (χ1n) is 7.74. The molecule has 0 unspecified atom stereocenters. The third kappa shape index (κ3) is 3.04. The predicted molar refractivity (Wildman–Crippen MR) is 88.6 cm³/mol. The fraction of sp³-hybridized carbons (Fsp3) is 0.316. The zero-order chi connectivity index (χ0) is 15.6. The molecule has 114 valence electrons. The lowest BCUT2D eigenvalue weighted by Crippen LogP contribution is -2.36. The molecular formula is C19H22N2O. The van der Waals surface area contributed by atoms with E-state index in [2.05, 4.69) is 36.5 Å². The minimum Gasteiger partial charge on any atom is -0.351 e. The summed E-state index contributed by atoms with van der Waals surface area (Å²) in [5, 5.41) is 3.08. The summed E-state index contributed by atoms with van der Waals surface area (Å²) >= 11 is 0. The molecule has 0 saturated heterocycles. The Morgan fingerprint density at radius 2 is 1.68 bits per heavy atom. The van der Waals surface area contributed by atoms with Crippen LogP contribution in [0, 0.1) is 5.41 Å². The molecule has 1 aliphatic carbocycles. The van der Waals surface area contributed by atoms with Crippen molar-refractivity contribution in [3.63, 3.8) is 0 Å². The summed E-state index contributed by atoms with van der Waals surface area (Å²) in [5.74, 6) is -0.0132. The maximum Gasteiger partial charge on any atom is 0.251 e. The van der Waals surface area contributed by atoms with Crippen LogP contribution in [0.2, 0.25) is 0 Å². The van der Waals surface area contributed by atoms with Crippen LogP contribution in [0.25, 0.3) is 0 Å². The van der Waals surface area contributed by atoms with Crippen LogP contribution in [-0.4, -0.2) is 12.5 Å². The summed E-state index contributed by atoms with van der Waals surface area (Å²) < 4.78 is 0. The lowest BCUT2D eigenvalue weighted by atomic mass is 9.87. The summed E-state index contributed by atoms with van der Waals surface area (Å²) in [6.07, 6.45) is 2.05. The monoisotopic (exact) mass is 294 g/mol. The predicted octanol–water partition coefficient (Wildman–Crippen LogP) is 2.68. The highest BCUT2D eigenvalue weighted by Crippen LogP contribution is 2.35. The Balaban J connectivity index is 1.61. The number of carbonyl (C=O) groups excluding carboxylic acids is 1. The van der Waals surface area contributed by atoms with E-state index in [-0.39, 0.29) is 11.3 Å². The standard InChI is InChI=1S/C19H22N2O/c1-19(10-16-4-2-3-5-17(16)11-19)13-21-18(22)15-8-6-14(12-20)7-9-15/h2-9H,10-13,20H2,1H3,(H,21,22). The van der Waals surface area contributed by atoms with Gasteiger partial charge in [0.1, 0.15) is 0 Å². The zero-order valence-electron chi connectivity index (χ0n) is 12.9. The topological polar surface area (TPSA) is 55.1 Å². The van der Waals surface area contributed by atoms with Crippen molar-refractivity contribution in [1.29, 1.82) is 0 Å². The first-order chi connectivity index (χ1) is 10.6. The van der Waals surface area contributed by atoms with Crippen LogP contribution in [-0.2, 0) is 19.4 Å². The molecule has 3 N–H and O–H groups in total. The summed E-state index contributed by atoms with van der Waals surface area (Å²) in [4.78, 5) is 12.3. The molecule has 0 heterocycles. The SMILES string of the molecule is CC1(CNC(=O)c2ccc(CN)cc2)Cc2ccccc2C1. The number of carbonyl (C=O) groups is 1. The summed E-state index contributed by atoms with van der Waals surface area (Å²) in [5.41, 5.74) is 10.2. The molecule has 0 fully saturated rings. The summed E-state index contributed by atoms with van der Waals surface area (Å²) in [7, 11) is 0. The van der Waals surface area contributed by atoms with E-state index in [4.69, 9.17) is 5.73 Å². The number of rotatable bonds is 4. The van der Waals surface area contributed by atoms with Crippen LogP contribution in [0.3, 0.4) is 0 Å². The molecule has 3 nitrogen and oxygen atoms in total. The zero-order valence-corrected chi connectivity index (χ0v) is 12.9. The Morgan fingerprint density at radius 3 is 2.23 bits per heavy atom. The second-order valence-corrected chi connectivity index (χ2v) is 6.52. The van der Waals surface area contributed by atoms with Gasteiger partial charge in [-0.15, -0.1) is 0 Å². The van der Waals surface area contributed by atoms with E-state index >= 15 is 0 Å². The Morgan fingerprint density at radius 1 is 1.09 bits per heavy atom. The third-order valence-corrected chi connectivity index (χ3v) is 4.48. The smallest absolute Gasteiger partial charge is 0.251 e. The largest absolute Gasteiger partial charge is 0.351 e. The van der Waals surface area contributed by atoms with Gasteiger partial charge in [-0.3, -0.25) is 4.79 Å². The number of nitrogens with two attached hydrogens (primary N) is 1. The average molecular weight is 294 g/mol. The molecule has 0 saturated carbocycles. The van der Waals surface area contributed by atoms with Crippen molar-refractivity contribution in [2.75, 3.05) is 6.54 Å². The molecule has 0 atom stereocenters.